The zero-order chi connectivity index (χ0) is 18.9. The van der Waals surface area contributed by atoms with Crippen molar-refractivity contribution in [2.45, 2.75) is 65.4 Å². The van der Waals surface area contributed by atoms with Crippen molar-refractivity contribution in [3.63, 3.8) is 0 Å². The quantitative estimate of drug-likeness (QED) is 0.544. The van der Waals surface area contributed by atoms with Crippen LogP contribution in [0.1, 0.15) is 47.0 Å². The molecular weight excluding hydrogens is 331 g/mol. The average molecular weight is 361 g/mol. The molecule has 0 aromatic heterocycles. The van der Waals surface area contributed by atoms with Crippen molar-refractivity contribution in [3.05, 3.63) is 23.8 Å². The van der Waals surface area contributed by atoms with Crippen molar-refractivity contribution >= 4 is 5.71 Å². The van der Waals surface area contributed by atoms with Crippen LogP contribution in [0.15, 0.2) is 28.9 Å². The largest absolute Gasteiger partial charge is 0.522 e. The molecule has 1 saturated heterocycles. The topological polar surface area (TPSA) is 36.9 Å². The number of rotatable bonds is 7. The van der Waals surface area contributed by atoms with Crippen LogP contribution in [0, 0.1) is 0 Å². The Morgan fingerprint density at radius 2 is 2.00 bits per heavy atom. The second kappa shape index (κ2) is 10.6. The molecule has 1 heterocycles. The minimum Gasteiger partial charge on any atom is -0.316 e. The van der Waals surface area contributed by atoms with Gasteiger partial charge < -0.3 is 5.32 Å². The number of nitrogens with zero attached hydrogens (tertiary/aromatic N) is 2. The lowest BCUT2D eigenvalue weighted by Crippen LogP contribution is -2.36. The van der Waals surface area contributed by atoms with Gasteiger partial charge in [-0.15, -0.1) is 13.2 Å². The fourth-order valence-corrected chi connectivity index (χ4v) is 2.77. The summed E-state index contributed by atoms with van der Waals surface area (Å²) in [6.45, 7) is 9.49. The van der Waals surface area contributed by atoms with Gasteiger partial charge in [0.25, 0.3) is 0 Å². The van der Waals surface area contributed by atoms with Gasteiger partial charge in [-0.3, -0.25) is 9.75 Å². The van der Waals surface area contributed by atoms with E-state index in [1.807, 2.05) is 24.9 Å². The molecule has 1 aliphatic rings. The van der Waals surface area contributed by atoms with Crippen LogP contribution in [-0.2, 0) is 4.74 Å². The van der Waals surface area contributed by atoms with Crippen LogP contribution < -0.4 is 5.32 Å². The van der Waals surface area contributed by atoms with E-state index in [1.165, 1.54) is 11.8 Å². The van der Waals surface area contributed by atoms with Crippen LogP contribution in [0.25, 0.3) is 0 Å². The second-order valence-electron chi connectivity index (χ2n) is 6.37. The summed E-state index contributed by atoms with van der Waals surface area (Å²) in [4.78, 5) is 0. The van der Waals surface area contributed by atoms with Crippen molar-refractivity contribution in [1.29, 1.82) is 0 Å². The molecule has 0 aliphatic carbocycles. The van der Waals surface area contributed by atoms with Crippen LogP contribution in [0.2, 0.25) is 0 Å². The van der Waals surface area contributed by atoms with Crippen molar-refractivity contribution in [2.75, 3.05) is 19.7 Å². The molecule has 1 rings (SSSR count). The number of ether oxygens (including phenoxy) is 1. The molecule has 0 saturated carbocycles. The molecule has 1 fully saturated rings. The fourth-order valence-electron chi connectivity index (χ4n) is 2.77. The smallest absolute Gasteiger partial charge is 0.316 e. The SMILES string of the molecule is C/C=C(\C=C/COC(F)(F)F)C(C)N(/N=C1\CCCNCC1)C(C)C. The molecule has 7 heteroatoms. The number of alkyl halides is 3. The third-order valence-corrected chi connectivity index (χ3v) is 4.06. The number of nitrogens with one attached hydrogen (secondary N) is 1. The molecule has 0 amide bonds. The van der Waals surface area contributed by atoms with Gasteiger partial charge in [0.15, 0.2) is 0 Å². The van der Waals surface area contributed by atoms with Crippen molar-refractivity contribution < 1.29 is 17.9 Å². The molecular formula is C18H30F3N3O. The Morgan fingerprint density at radius 1 is 1.28 bits per heavy atom. The zero-order valence-corrected chi connectivity index (χ0v) is 15.6. The summed E-state index contributed by atoms with van der Waals surface area (Å²) in [5.41, 5.74) is 2.08. The van der Waals surface area contributed by atoms with E-state index in [-0.39, 0.29) is 12.1 Å². The van der Waals surface area contributed by atoms with Gasteiger partial charge in [0, 0.05) is 18.3 Å². The van der Waals surface area contributed by atoms with Gasteiger partial charge in [-0.25, -0.2) is 0 Å². The molecule has 144 valence electrons. The maximum absolute atomic E-state index is 12.0. The Balaban J connectivity index is 2.79. The summed E-state index contributed by atoms with van der Waals surface area (Å²) in [7, 11) is 0. The van der Waals surface area contributed by atoms with Gasteiger partial charge in [-0.05, 0) is 59.1 Å². The van der Waals surface area contributed by atoms with E-state index in [2.05, 4.69) is 23.9 Å². The number of allylic oxidation sites excluding steroid dienone is 1. The van der Waals surface area contributed by atoms with Gasteiger partial charge in [0.05, 0.1) is 12.6 Å². The Labute approximate surface area is 148 Å². The van der Waals surface area contributed by atoms with Gasteiger partial charge >= 0.3 is 6.36 Å². The molecule has 1 unspecified atom stereocenters. The normalized spacial score (nSPS) is 20.3. The van der Waals surface area contributed by atoms with E-state index in [9.17, 15) is 13.2 Å². The molecule has 0 aromatic rings. The summed E-state index contributed by atoms with van der Waals surface area (Å²) in [6, 6.07) is 0.157. The number of hydrazone groups is 1. The first kappa shape index (κ1) is 21.7. The highest BCUT2D eigenvalue weighted by Crippen LogP contribution is 2.19. The number of hydrogen-bond acceptors (Lipinski definition) is 4. The molecule has 1 N–H and O–H groups in total. The van der Waals surface area contributed by atoms with E-state index in [1.54, 1.807) is 6.08 Å². The van der Waals surface area contributed by atoms with Crippen molar-refractivity contribution in [2.24, 2.45) is 5.10 Å². The maximum atomic E-state index is 12.0. The predicted molar refractivity (Wildman–Crippen MR) is 95.5 cm³/mol. The molecule has 1 atom stereocenters. The molecule has 0 radical (unpaired) electrons. The Hall–Kier alpha value is -1.34. The van der Waals surface area contributed by atoms with E-state index in [0.717, 1.165) is 37.9 Å². The van der Waals surface area contributed by atoms with Gasteiger partial charge in [0.2, 0.25) is 0 Å². The first-order chi connectivity index (χ1) is 11.7. The molecule has 1 aliphatic heterocycles. The second-order valence-corrected chi connectivity index (χ2v) is 6.37. The molecule has 0 spiro atoms. The van der Waals surface area contributed by atoms with Crippen LogP contribution in [0.3, 0.4) is 0 Å². The van der Waals surface area contributed by atoms with E-state index in [4.69, 9.17) is 5.10 Å². The monoisotopic (exact) mass is 361 g/mol. The standard InChI is InChI=1S/C18H30F3N3O/c1-5-16(8-7-13-25-18(19,20)21)15(4)24(14(2)3)23-17-9-6-11-22-12-10-17/h5,7-8,14-15,22H,6,9-13H2,1-4H3/b8-7-,16-5+,23-17+. The third-order valence-electron chi connectivity index (χ3n) is 4.06. The average Bonchev–Trinajstić information content (AvgIpc) is 2.79. The summed E-state index contributed by atoms with van der Waals surface area (Å²) < 4.78 is 39.9. The van der Waals surface area contributed by atoms with E-state index in [0.29, 0.717) is 0 Å². The third kappa shape index (κ3) is 8.54. The zero-order valence-electron chi connectivity index (χ0n) is 15.6. The number of hydrogen-bond donors (Lipinski definition) is 1. The molecule has 4 nitrogen and oxygen atoms in total. The van der Waals surface area contributed by atoms with E-state index < -0.39 is 13.0 Å². The molecule has 25 heavy (non-hydrogen) atoms. The maximum Gasteiger partial charge on any atom is 0.522 e. The van der Waals surface area contributed by atoms with Crippen LogP contribution in [0.4, 0.5) is 13.2 Å². The Kier molecular flexibility index (Phi) is 9.21. The summed E-state index contributed by atoms with van der Waals surface area (Å²) >= 11 is 0. The lowest BCUT2D eigenvalue weighted by molar-refractivity contribution is -0.319. The van der Waals surface area contributed by atoms with Crippen molar-refractivity contribution in [3.8, 4) is 0 Å². The molecule has 0 bridgehead atoms. The van der Waals surface area contributed by atoms with Gasteiger partial charge in [-0.1, -0.05) is 18.2 Å². The fraction of sp³-hybridized carbons (Fsp3) is 0.722. The first-order valence-electron chi connectivity index (χ1n) is 8.83. The predicted octanol–water partition coefficient (Wildman–Crippen LogP) is 4.25. The minimum absolute atomic E-state index is 0.0316. The highest BCUT2D eigenvalue weighted by molar-refractivity contribution is 5.84. The van der Waals surface area contributed by atoms with Crippen LogP contribution in [-0.4, -0.2) is 48.9 Å². The van der Waals surface area contributed by atoms with Crippen LogP contribution >= 0.6 is 0 Å². The summed E-state index contributed by atoms with van der Waals surface area (Å²) in [5.74, 6) is 0. The summed E-state index contributed by atoms with van der Waals surface area (Å²) in [5, 5.41) is 10.2. The van der Waals surface area contributed by atoms with E-state index >= 15 is 0 Å². The Bertz CT molecular complexity index is 474. The van der Waals surface area contributed by atoms with Crippen LogP contribution in [0.5, 0.6) is 0 Å². The molecule has 0 aromatic carbocycles. The first-order valence-corrected chi connectivity index (χ1v) is 8.83. The van der Waals surface area contributed by atoms with Gasteiger partial charge in [0.1, 0.15) is 0 Å². The highest BCUT2D eigenvalue weighted by Gasteiger charge is 2.28. The lowest BCUT2D eigenvalue weighted by atomic mass is 10.1. The minimum atomic E-state index is -4.60. The Morgan fingerprint density at radius 3 is 2.60 bits per heavy atom. The van der Waals surface area contributed by atoms with Crippen molar-refractivity contribution in [1.82, 2.24) is 10.3 Å². The summed E-state index contributed by atoms with van der Waals surface area (Å²) in [6.07, 6.45) is 3.35. The number of halogens is 3. The lowest BCUT2D eigenvalue weighted by Gasteiger charge is -2.32. The highest BCUT2D eigenvalue weighted by atomic mass is 19.4. The van der Waals surface area contributed by atoms with Gasteiger partial charge in [-0.2, -0.15) is 5.10 Å².